The first-order valence-corrected chi connectivity index (χ1v) is 3.84. The Bertz CT molecular complexity index is 92.9. The summed E-state index contributed by atoms with van der Waals surface area (Å²) in [4.78, 5) is 9.85. The van der Waals surface area contributed by atoms with Gasteiger partial charge in [0.2, 0.25) is 5.24 Å². The largest absolute Gasteiger partial charge is 0.353 e. The molecular formula is C3H6ClNOSi. The molecular weight excluding hydrogens is 130 g/mol. The SMILES string of the molecule is N[SiH2]C=CC(=O)Cl. The minimum Gasteiger partial charge on any atom is -0.353 e. The first kappa shape index (κ1) is 6.88. The van der Waals surface area contributed by atoms with Crippen LogP contribution in [0.3, 0.4) is 0 Å². The van der Waals surface area contributed by atoms with Crippen LogP contribution in [0.1, 0.15) is 0 Å². The van der Waals surface area contributed by atoms with E-state index in [2.05, 4.69) is 0 Å². The normalized spacial score (nSPS) is 11.7. The van der Waals surface area contributed by atoms with Crippen LogP contribution in [0.15, 0.2) is 11.8 Å². The van der Waals surface area contributed by atoms with Crippen LogP contribution in [0.5, 0.6) is 0 Å². The van der Waals surface area contributed by atoms with E-state index in [4.69, 9.17) is 17.0 Å². The van der Waals surface area contributed by atoms with Gasteiger partial charge in [0.15, 0.2) is 0 Å². The standard InChI is InChI=1S/C3H6ClNOSi/c4-3(6)1-2-7-5/h1-2H,5,7H2. The molecule has 0 aliphatic rings. The van der Waals surface area contributed by atoms with E-state index in [1.807, 2.05) is 0 Å². The minimum absolute atomic E-state index is 0.446. The number of hydrogen-bond donors (Lipinski definition) is 1. The Morgan fingerprint density at radius 3 is 2.57 bits per heavy atom. The van der Waals surface area contributed by atoms with Crippen LogP contribution in [-0.2, 0) is 4.79 Å². The molecule has 0 saturated carbocycles. The lowest BCUT2D eigenvalue weighted by atomic mass is 10.7. The van der Waals surface area contributed by atoms with E-state index in [-0.39, 0.29) is 0 Å². The summed E-state index contributed by atoms with van der Waals surface area (Å²) in [5.41, 5.74) is 1.63. The quantitative estimate of drug-likeness (QED) is 0.310. The number of carbonyl (C=O) groups excluding carboxylic acids is 1. The minimum atomic E-state index is -0.615. The van der Waals surface area contributed by atoms with E-state index in [9.17, 15) is 4.79 Å². The predicted octanol–water partition coefficient (Wildman–Crippen LogP) is -0.692. The number of rotatable bonds is 2. The molecule has 0 aromatic carbocycles. The summed E-state index contributed by atoms with van der Waals surface area (Å²) in [6, 6.07) is 0. The molecule has 0 fully saturated rings. The van der Waals surface area contributed by atoms with E-state index in [0.29, 0.717) is 0 Å². The van der Waals surface area contributed by atoms with Gasteiger partial charge in [-0.1, -0.05) is 5.70 Å². The number of nitrogens with two attached hydrogens (primary N) is 1. The second kappa shape index (κ2) is 4.05. The molecule has 0 radical (unpaired) electrons. The maximum Gasteiger partial charge on any atom is 0.244 e. The molecule has 0 saturated heterocycles. The summed E-state index contributed by atoms with van der Waals surface area (Å²) < 4.78 is 0. The maximum absolute atomic E-state index is 9.85. The molecule has 0 heterocycles. The number of carbonyl (C=O) groups is 1. The van der Waals surface area contributed by atoms with Gasteiger partial charge in [-0.3, -0.25) is 4.79 Å². The molecule has 4 heteroatoms. The molecule has 0 atom stereocenters. The molecule has 2 N–H and O–H groups in total. The van der Waals surface area contributed by atoms with Crippen molar-refractivity contribution in [3.63, 3.8) is 0 Å². The van der Waals surface area contributed by atoms with Gasteiger partial charge >= 0.3 is 0 Å². The highest BCUT2D eigenvalue weighted by molar-refractivity contribution is 6.67. The Hall–Kier alpha value is -0.123. The molecule has 0 spiro atoms. The fourth-order valence-electron chi connectivity index (χ4n) is 0.161. The smallest absolute Gasteiger partial charge is 0.244 e. The number of hydrogen-bond acceptors (Lipinski definition) is 2. The zero-order valence-corrected chi connectivity index (χ0v) is 5.90. The van der Waals surface area contributed by atoms with Gasteiger partial charge < -0.3 is 5.40 Å². The molecule has 7 heavy (non-hydrogen) atoms. The molecule has 0 aromatic rings. The van der Waals surface area contributed by atoms with Crippen molar-refractivity contribution in [3.05, 3.63) is 11.8 Å². The van der Waals surface area contributed by atoms with Gasteiger partial charge in [-0.2, -0.15) is 0 Å². The Kier molecular flexibility index (Phi) is 3.98. The van der Waals surface area contributed by atoms with Crippen LogP contribution in [0, 0.1) is 0 Å². The average molecular weight is 136 g/mol. The van der Waals surface area contributed by atoms with Crippen LogP contribution in [-0.4, -0.2) is 14.9 Å². The molecule has 0 rings (SSSR count). The Labute approximate surface area is 49.2 Å². The Morgan fingerprint density at radius 1 is 1.86 bits per heavy atom. The fraction of sp³-hybridized carbons (Fsp3) is 0. The lowest BCUT2D eigenvalue weighted by Gasteiger charge is -1.71. The number of halogens is 1. The second-order valence-electron chi connectivity index (χ2n) is 0.942. The highest BCUT2D eigenvalue weighted by Crippen LogP contribution is 1.78. The lowest BCUT2D eigenvalue weighted by molar-refractivity contribution is -0.107. The Morgan fingerprint density at radius 2 is 2.43 bits per heavy atom. The lowest BCUT2D eigenvalue weighted by Crippen LogP contribution is -1.99. The van der Waals surface area contributed by atoms with Crippen molar-refractivity contribution in [2.75, 3.05) is 0 Å². The van der Waals surface area contributed by atoms with E-state index in [1.54, 1.807) is 5.70 Å². The fourth-order valence-corrected chi connectivity index (χ4v) is 0.749. The zero-order valence-electron chi connectivity index (χ0n) is 3.73. The maximum atomic E-state index is 9.85. The number of allylic oxidation sites excluding steroid dienone is 1. The first-order valence-electron chi connectivity index (χ1n) is 1.83. The monoisotopic (exact) mass is 135 g/mol. The molecule has 0 unspecified atom stereocenters. The van der Waals surface area contributed by atoms with Gasteiger partial charge in [-0.15, -0.1) is 0 Å². The van der Waals surface area contributed by atoms with Gasteiger partial charge in [0.25, 0.3) is 0 Å². The molecule has 0 amide bonds. The molecule has 0 bridgehead atoms. The summed E-state index contributed by atoms with van der Waals surface area (Å²) in [5.74, 6) is 0. The van der Waals surface area contributed by atoms with Gasteiger partial charge in [-0.25, -0.2) is 0 Å². The average Bonchev–Trinajstić information content (AvgIpc) is 1.61. The summed E-state index contributed by atoms with van der Waals surface area (Å²) in [6.45, 7) is 0. The van der Waals surface area contributed by atoms with Crippen LogP contribution in [0.25, 0.3) is 0 Å². The van der Waals surface area contributed by atoms with E-state index >= 15 is 0 Å². The molecule has 0 aliphatic carbocycles. The van der Waals surface area contributed by atoms with Crippen LogP contribution < -0.4 is 5.40 Å². The van der Waals surface area contributed by atoms with Crippen molar-refractivity contribution < 1.29 is 4.79 Å². The van der Waals surface area contributed by atoms with E-state index < -0.39 is 14.9 Å². The predicted molar refractivity (Wildman–Crippen MR) is 32.7 cm³/mol. The summed E-state index contributed by atoms with van der Waals surface area (Å²) in [5, 5.41) is 4.67. The zero-order chi connectivity index (χ0) is 5.70. The van der Waals surface area contributed by atoms with Crippen LogP contribution in [0.4, 0.5) is 0 Å². The van der Waals surface area contributed by atoms with Gasteiger partial charge in [-0.05, 0) is 17.7 Å². The van der Waals surface area contributed by atoms with Crippen molar-refractivity contribution >= 4 is 26.5 Å². The van der Waals surface area contributed by atoms with Crippen molar-refractivity contribution in [3.8, 4) is 0 Å². The van der Waals surface area contributed by atoms with Gasteiger partial charge in [0, 0.05) is 0 Å². The highest BCUT2D eigenvalue weighted by Gasteiger charge is 1.79. The summed E-state index contributed by atoms with van der Waals surface area (Å²) in [6.07, 6.45) is 1.29. The first-order chi connectivity index (χ1) is 3.27. The van der Waals surface area contributed by atoms with Crippen molar-refractivity contribution in [2.24, 2.45) is 5.40 Å². The third kappa shape index (κ3) is 5.88. The van der Waals surface area contributed by atoms with E-state index in [0.717, 1.165) is 0 Å². The molecule has 0 aromatic heterocycles. The van der Waals surface area contributed by atoms with Crippen molar-refractivity contribution in [1.29, 1.82) is 0 Å². The highest BCUT2D eigenvalue weighted by atomic mass is 35.5. The van der Waals surface area contributed by atoms with Crippen molar-refractivity contribution in [1.82, 2.24) is 0 Å². The molecule has 40 valence electrons. The molecule has 2 nitrogen and oxygen atoms in total. The summed E-state index contributed by atoms with van der Waals surface area (Å²) >= 11 is 4.90. The summed E-state index contributed by atoms with van der Waals surface area (Å²) in [7, 11) is -0.615. The van der Waals surface area contributed by atoms with E-state index in [1.165, 1.54) is 6.08 Å². The third-order valence-corrected chi connectivity index (χ3v) is 1.02. The Balaban J connectivity index is 3.26. The second-order valence-corrected chi connectivity index (χ2v) is 2.26. The van der Waals surface area contributed by atoms with Gasteiger partial charge in [0.05, 0.1) is 0 Å². The van der Waals surface area contributed by atoms with Crippen molar-refractivity contribution in [2.45, 2.75) is 0 Å². The van der Waals surface area contributed by atoms with Crippen LogP contribution in [0.2, 0.25) is 0 Å². The van der Waals surface area contributed by atoms with Crippen LogP contribution >= 0.6 is 11.6 Å². The molecule has 0 aliphatic heterocycles. The van der Waals surface area contributed by atoms with Gasteiger partial charge in [0.1, 0.15) is 9.68 Å². The topological polar surface area (TPSA) is 43.1 Å². The third-order valence-electron chi connectivity index (χ3n) is 0.385.